The number of carbonyl (C=O) groups is 4. The average Bonchev–Trinajstić information content (AvgIpc) is 4.25. The molecular weight excluding hydrogens is 853 g/mol. The van der Waals surface area contributed by atoms with Crippen LogP contribution >= 0.6 is 0 Å². The van der Waals surface area contributed by atoms with Crippen LogP contribution in [0.5, 0.6) is 0 Å². The summed E-state index contributed by atoms with van der Waals surface area (Å²) >= 11 is 0. The highest BCUT2D eigenvalue weighted by atomic mass is 16.4. The van der Waals surface area contributed by atoms with Gasteiger partial charge in [-0.1, -0.05) is 128 Å². The third-order valence-corrected chi connectivity index (χ3v) is 12.7. The van der Waals surface area contributed by atoms with E-state index in [1.165, 1.54) is 22.3 Å². The van der Waals surface area contributed by atoms with Gasteiger partial charge in [-0.3, -0.25) is 19.2 Å². The number of aryl methyl sites for hydroxylation is 2. The quantitative estimate of drug-likeness (QED) is 0.0774. The highest BCUT2D eigenvalue weighted by molar-refractivity contribution is 6.19. The molecule has 68 heavy (non-hydrogen) atoms. The number of rotatable bonds is 7. The number of carboxylic acid groups (broad SMARTS) is 1. The monoisotopic (exact) mass is 902 g/mol. The molecular formula is C55H50N8O5. The third-order valence-electron chi connectivity index (χ3n) is 12.7. The summed E-state index contributed by atoms with van der Waals surface area (Å²) < 4.78 is 0. The van der Waals surface area contributed by atoms with Crippen molar-refractivity contribution in [1.29, 1.82) is 0 Å². The SMILES string of the molecule is C.Cc1cccc(C2CC2C(=O)Nc2cc3c4c(c(-c5ccccc5)[nH]c4c2)C=NNC3=O)c1.Cc1cccc(C2CC2C(=O)O)c1.Nc1cc2c3c(c(-c4ccccc4)[nH]c3c1)C=NNC2=O. The number of H-pyrrole nitrogens is 2. The standard InChI is InChI=1S/C27H22N4O2.C16H12N4O.C11H12O2.CH4/c1-15-6-5-9-17(10-15)19-13-20(19)26(32)29-18-11-21-24-22(14-28-31-27(21)33)25(30-23(24)12-18)16-7-3-2-4-8-16;17-10-6-11-14-12(8-18-20-16(11)21)15(19-13(14)7-10)9-4-2-1-3-5-9;1-7-3-2-4-8(5-7)9-6-10(9)11(12)13;/h2-12,14,19-20,30H,13H2,1H3,(H,29,32)(H,31,33);1-8,19H,17H2,(H,20,21);2-5,9-10H,6H2,1H3,(H,12,13);1H4. The van der Waals surface area contributed by atoms with Crippen molar-refractivity contribution in [3.63, 3.8) is 0 Å². The van der Waals surface area contributed by atoms with Crippen molar-refractivity contribution in [2.45, 2.75) is 46.0 Å². The Morgan fingerprint density at radius 3 is 1.60 bits per heavy atom. The van der Waals surface area contributed by atoms with Crippen LogP contribution in [0, 0.1) is 25.7 Å². The molecule has 0 radical (unpaired) electrons. The number of aromatic amines is 2. The number of aromatic nitrogens is 2. The molecule has 0 spiro atoms. The molecule has 4 heterocycles. The van der Waals surface area contributed by atoms with E-state index in [1.54, 1.807) is 24.6 Å². The van der Waals surface area contributed by atoms with Gasteiger partial charge in [0.2, 0.25) is 5.91 Å². The number of nitrogen functional groups attached to an aromatic ring is 1. The average molecular weight is 903 g/mol. The molecule has 6 aromatic carbocycles. The zero-order valence-corrected chi connectivity index (χ0v) is 36.6. The highest BCUT2D eigenvalue weighted by Crippen LogP contribution is 2.49. The maximum absolute atomic E-state index is 13.0. The van der Waals surface area contributed by atoms with Crippen LogP contribution in [0.1, 0.15) is 86.2 Å². The van der Waals surface area contributed by atoms with Crippen LogP contribution < -0.4 is 21.9 Å². The maximum Gasteiger partial charge on any atom is 0.307 e. The number of amides is 3. The van der Waals surface area contributed by atoms with Gasteiger partial charge < -0.3 is 26.1 Å². The number of nitrogens with two attached hydrogens (primary N) is 1. The lowest BCUT2D eigenvalue weighted by atomic mass is 10.0. The summed E-state index contributed by atoms with van der Waals surface area (Å²) in [5, 5.41) is 21.5. The van der Waals surface area contributed by atoms with Gasteiger partial charge in [0.1, 0.15) is 0 Å². The fraction of sp³-hybridized carbons (Fsp3) is 0.164. The first-order valence-electron chi connectivity index (χ1n) is 22.1. The largest absolute Gasteiger partial charge is 0.481 e. The predicted octanol–water partition coefficient (Wildman–Crippen LogP) is 10.3. The third kappa shape index (κ3) is 8.89. The smallest absolute Gasteiger partial charge is 0.307 e. The number of hydrogen-bond donors (Lipinski definition) is 7. The number of aliphatic carboxylic acids is 1. The minimum Gasteiger partial charge on any atom is -0.481 e. The Labute approximate surface area is 392 Å². The summed E-state index contributed by atoms with van der Waals surface area (Å²) in [6, 6.07) is 43.4. The number of anilines is 2. The minimum atomic E-state index is -0.661. The Balaban J connectivity index is 0.000000141. The van der Waals surface area contributed by atoms with Gasteiger partial charge >= 0.3 is 5.97 Å². The van der Waals surface area contributed by atoms with E-state index in [0.717, 1.165) is 68.3 Å². The van der Waals surface area contributed by atoms with Gasteiger partial charge in [-0.05, 0) is 85.0 Å². The molecule has 2 saturated carbocycles. The van der Waals surface area contributed by atoms with Crippen LogP contribution in [0.2, 0.25) is 0 Å². The Kier molecular flexibility index (Phi) is 12.0. The first kappa shape index (κ1) is 44.6. The van der Waals surface area contributed by atoms with Crippen molar-refractivity contribution in [2.24, 2.45) is 22.0 Å². The topological polar surface area (TPSA) is 207 Å². The van der Waals surface area contributed by atoms with Crippen LogP contribution in [0.25, 0.3) is 44.3 Å². The van der Waals surface area contributed by atoms with E-state index in [2.05, 4.69) is 67.5 Å². The van der Waals surface area contributed by atoms with Gasteiger partial charge in [0.05, 0.1) is 40.9 Å². The van der Waals surface area contributed by atoms with Crippen molar-refractivity contribution in [3.8, 4) is 22.5 Å². The lowest BCUT2D eigenvalue weighted by Crippen LogP contribution is -2.18. The molecule has 13 nitrogen and oxygen atoms in total. The van der Waals surface area contributed by atoms with Crippen molar-refractivity contribution < 1.29 is 24.3 Å². The van der Waals surface area contributed by atoms with E-state index in [1.807, 2.05) is 104 Å². The van der Waals surface area contributed by atoms with Crippen molar-refractivity contribution in [2.75, 3.05) is 11.1 Å². The minimum absolute atomic E-state index is 0. The molecule has 0 saturated heterocycles. The first-order valence-corrected chi connectivity index (χ1v) is 22.1. The Morgan fingerprint density at radius 1 is 0.618 bits per heavy atom. The van der Waals surface area contributed by atoms with Gasteiger partial charge in [-0.15, -0.1) is 0 Å². The number of carboxylic acids is 1. The number of hydrazone groups is 2. The number of nitrogens with zero attached hydrogens (tertiary/aromatic N) is 2. The van der Waals surface area contributed by atoms with Gasteiger partial charge in [0, 0.05) is 50.2 Å². The van der Waals surface area contributed by atoms with Crippen molar-refractivity contribution in [3.05, 3.63) is 178 Å². The molecule has 8 N–H and O–H groups in total. The first-order chi connectivity index (χ1) is 32.5. The summed E-state index contributed by atoms with van der Waals surface area (Å²) in [5.74, 6) is -0.916. The molecule has 4 aliphatic rings. The summed E-state index contributed by atoms with van der Waals surface area (Å²) in [6.07, 6.45) is 4.98. The summed E-state index contributed by atoms with van der Waals surface area (Å²) in [7, 11) is 0. The van der Waals surface area contributed by atoms with Crippen LogP contribution in [-0.2, 0) is 9.59 Å². The van der Waals surface area contributed by atoms with Gasteiger partial charge in [-0.25, -0.2) is 10.9 Å². The second-order valence-electron chi connectivity index (χ2n) is 17.4. The molecule has 4 unspecified atom stereocenters. The van der Waals surface area contributed by atoms with Gasteiger partial charge in [0.15, 0.2) is 0 Å². The molecule has 340 valence electrons. The van der Waals surface area contributed by atoms with E-state index in [-0.39, 0.29) is 48.8 Å². The number of benzene rings is 6. The highest BCUT2D eigenvalue weighted by Gasteiger charge is 2.45. The normalized spacial score (nSPS) is 18.0. The zero-order chi connectivity index (χ0) is 46.3. The van der Waals surface area contributed by atoms with E-state index in [0.29, 0.717) is 22.5 Å². The van der Waals surface area contributed by atoms with Crippen molar-refractivity contribution in [1.82, 2.24) is 20.8 Å². The fourth-order valence-electron chi connectivity index (χ4n) is 9.25. The summed E-state index contributed by atoms with van der Waals surface area (Å²) in [5.41, 5.74) is 25.1. The second-order valence-corrected chi connectivity index (χ2v) is 17.4. The fourth-order valence-corrected chi connectivity index (χ4v) is 9.25. The molecule has 2 aliphatic heterocycles. The lowest BCUT2D eigenvalue weighted by molar-refractivity contribution is -0.138. The van der Waals surface area contributed by atoms with Crippen LogP contribution in [0.3, 0.4) is 0 Å². The van der Waals surface area contributed by atoms with E-state index >= 15 is 0 Å². The van der Waals surface area contributed by atoms with E-state index in [4.69, 9.17) is 10.8 Å². The van der Waals surface area contributed by atoms with E-state index in [9.17, 15) is 19.2 Å². The van der Waals surface area contributed by atoms with Gasteiger partial charge in [-0.2, -0.15) is 10.2 Å². The zero-order valence-electron chi connectivity index (χ0n) is 36.6. The molecule has 3 amide bonds. The molecule has 0 bridgehead atoms. The molecule has 8 aromatic rings. The Morgan fingerprint density at radius 2 is 1.10 bits per heavy atom. The molecule has 2 aliphatic carbocycles. The van der Waals surface area contributed by atoms with Crippen LogP contribution in [0.15, 0.2) is 144 Å². The van der Waals surface area contributed by atoms with Crippen LogP contribution in [-0.4, -0.2) is 51.2 Å². The summed E-state index contributed by atoms with van der Waals surface area (Å²) in [6.45, 7) is 4.09. The molecule has 2 fully saturated rings. The van der Waals surface area contributed by atoms with Crippen LogP contribution in [0.4, 0.5) is 11.4 Å². The maximum atomic E-state index is 13.0. The number of carbonyl (C=O) groups excluding carboxylic acids is 3. The van der Waals surface area contributed by atoms with Crippen molar-refractivity contribution >= 4 is 69.3 Å². The summed E-state index contributed by atoms with van der Waals surface area (Å²) in [4.78, 5) is 55.2. The predicted molar refractivity (Wildman–Crippen MR) is 269 cm³/mol. The van der Waals surface area contributed by atoms with Gasteiger partial charge in [0.25, 0.3) is 11.8 Å². The Bertz CT molecular complexity index is 3340. The molecule has 13 heteroatoms. The van der Waals surface area contributed by atoms with E-state index < -0.39 is 5.97 Å². The second kappa shape index (κ2) is 18.4. The molecule has 12 rings (SSSR count). The number of nitrogens with one attached hydrogen (secondary N) is 5. The Hall–Kier alpha value is -8.58. The molecule has 2 aromatic heterocycles. The molecule has 4 atom stereocenters. The lowest BCUT2D eigenvalue weighted by Gasteiger charge is -2.09. The number of hydrogen-bond acceptors (Lipinski definition) is 7.